The molecule has 77 heavy (non-hydrogen) atoms. The summed E-state index contributed by atoms with van der Waals surface area (Å²) in [5.74, 6) is 3.13. The first-order valence-corrected chi connectivity index (χ1v) is 25.8. The van der Waals surface area contributed by atoms with Gasteiger partial charge in [-0.3, -0.25) is 0 Å². The first kappa shape index (κ1) is 52.3. The predicted octanol–water partition coefficient (Wildman–Crippen LogP) is 12.4. The summed E-state index contributed by atoms with van der Waals surface area (Å²) in [4.78, 5) is 32.4. The van der Waals surface area contributed by atoms with Gasteiger partial charge in [0, 0.05) is 18.2 Å². The van der Waals surface area contributed by atoms with Gasteiger partial charge in [0.25, 0.3) is 0 Å². The van der Waals surface area contributed by atoms with Crippen LogP contribution in [-0.2, 0) is 32.9 Å². The minimum Gasteiger partial charge on any atom is -0.497 e. The molecule has 392 valence electrons. The number of carbonyl (C=O) groups excluding carboxylic acids is 1. The number of benzene rings is 6. The van der Waals surface area contributed by atoms with Crippen molar-refractivity contribution in [3.05, 3.63) is 195 Å². The second-order valence-electron chi connectivity index (χ2n) is 17.7. The van der Waals surface area contributed by atoms with Gasteiger partial charge in [-0.15, -0.1) is 0 Å². The molecule has 2 atom stereocenters. The lowest BCUT2D eigenvalue weighted by Crippen LogP contribution is -2.39. The maximum atomic E-state index is 14.1. The summed E-state index contributed by atoms with van der Waals surface area (Å²) in [6, 6.07) is 43.9. The molecule has 2 aliphatic rings. The largest absolute Gasteiger partial charge is 0.497 e. The molecule has 0 saturated carbocycles. The average Bonchev–Trinajstić information content (AvgIpc) is 3.95. The lowest BCUT2D eigenvalue weighted by Gasteiger charge is -2.37. The van der Waals surface area contributed by atoms with Crippen molar-refractivity contribution in [2.45, 2.75) is 44.7 Å². The van der Waals surface area contributed by atoms with E-state index < -0.39 is 23.8 Å². The lowest BCUT2D eigenvalue weighted by molar-refractivity contribution is -0.151. The predicted molar refractivity (Wildman–Crippen MR) is 292 cm³/mol. The van der Waals surface area contributed by atoms with Gasteiger partial charge in [-0.2, -0.15) is 0 Å². The van der Waals surface area contributed by atoms with E-state index in [4.69, 9.17) is 63.6 Å². The Morgan fingerprint density at radius 3 is 2.19 bits per heavy atom. The fourth-order valence-corrected chi connectivity index (χ4v) is 10.1. The molecule has 9 aromatic rings. The van der Waals surface area contributed by atoms with Crippen LogP contribution >= 0.6 is 27.5 Å². The number of halogens is 2. The van der Waals surface area contributed by atoms with Crippen LogP contribution in [0.5, 0.6) is 40.4 Å². The Labute approximate surface area is 458 Å². The third kappa shape index (κ3) is 10.9. The minimum absolute atomic E-state index is 0.0225. The van der Waals surface area contributed by atoms with Crippen molar-refractivity contribution >= 4 is 44.6 Å². The summed E-state index contributed by atoms with van der Waals surface area (Å²) >= 11 is 11.0. The van der Waals surface area contributed by atoms with Crippen molar-refractivity contribution in [1.82, 2.24) is 19.9 Å². The van der Waals surface area contributed by atoms with Crippen LogP contribution in [0.15, 0.2) is 161 Å². The Morgan fingerprint density at radius 1 is 0.766 bits per heavy atom. The Morgan fingerprint density at radius 2 is 1.48 bits per heavy atom. The normalized spacial score (nSPS) is 14.4. The lowest BCUT2D eigenvalue weighted by atomic mass is 9.80. The van der Waals surface area contributed by atoms with Crippen molar-refractivity contribution in [2.24, 2.45) is 0 Å². The molecule has 0 aliphatic carbocycles. The van der Waals surface area contributed by atoms with Crippen molar-refractivity contribution in [3.63, 3.8) is 0 Å². The second kappa shape index (κ2) is 23.4. The zero-order valence-corrected chi connectivity index (χ0v) is 45.0. The minimum atomic E-state index is -1.25. The Balaban J connectivity index is 1.08. The van der Waals surface area contributed by atoms with E-state index in [2.05, 4.69) is 30.9 Å². The highest BCUT2D eigenvalue weighted by molar-refractivity contribution is 9.10. The Bertz CT molecular complexity index is 3480. The van der Waals surface area contributed by atoms with E-state index in [1.807, 2.05) is 116 Å². The van der Waals surface area contributed by atoms with Crippen LogP contribution in [-0.4, -0.2) is 79.3 Å². The van der Waals surface area contributed by atoms with Crippen LogP contribution in [0.3, 0.4) is 0 Å². The van der Waals surface area contributed by atoms with E-state index >= 15 is 0 Å². The molecule has 0 spiro atoms. The topological polar surface area (TPSA) is 165 Å². The summed E-state index contributed by atoms with van der Waals surface area (Å²) in [6.07, 6.45) is 0.867. The van der Waals surface area contributed by atoms with Gasteiger partial charge in [0.1, 0.15) is 65.0 Å². The van der Waals surface area contributed by atoms with Crippen LogP contribution in [0.4, 0.5) is 0 Å². The summed E-state index contributed by atoms with van der Waals surface area (Å²) in [7, 11) is 4.86. The van der Waals surface area contributed by atoms with Crippen molar-refractivity contribution in [3.8, 4) is 62.9 Å². The molecule has 6 aromatic carbocycles. The standard InChI is InChI=1S/C60H52BrClN4O11/c1-6-71-59(67)51-31-37-30-44(24-26-48(37)73-32-41-28-29-63-56(66-41)47-14-10-11-15-49(47)70-5)72-33-45(75-50-27-25-46(36(2)54(50)62)52-53-57(76-51)64-35-65-58(53)77-55(52)61)34-74-60(38-12-8-7-9-13-38,39-16-20-42(68-3)21-17-39)40-18-22-43(69-4)23-19-40/h7-30,35,45,51H,6,31-34H2,1-5H3/t45-,51+/m0/s1. The molecule has 0 unspecified atom stereocenters. The molecule has 2 aliphatic heterocycles. The number of furan rings is 1. The van der Waals surface area contributed by atoms with E-state index in [1.54, 1.807) is 64.8 Å². The average molecular weight is 1120 g/mol. The van der Waals surface area contributed by atoms with E-state index in [0.29, 0.717) is 83.3 Å². The summed E-state index contributed by atoms with van der Waals surface area (Å²) < 4.78 is 63.2. The number of ether oxygens (including phenoxy) is 9. The van der Waals surface area contributed by atoms with Crippen LogP contribution < -0.4 is 33.2 Å². The molecule has 0 radical (unpaired) electrons. The van der Waals surface area contributed by atoms with Gasteiger partial charge in [0.15, 0.2) is 16.6 Å². The first-order valence-electron chi connectivity index (χ1n) is 24.7. The SMILES string of the molecule is CCOC(=O)[C@H]1Cc2cc(ccc2OCc2ccnc(-c3ccccc3OC)n2)OC[C@@H](COC(c2ccccc2)(c2ccc(OC)cc2)c2ccc(OC)cc2)Oc2ccc(c(C)c2Cl)-c2c(Br)oc3ncnc(c23)O1. The molecule has 0 N–H and O–H groups in total. The highest BCUT2D eigenvalue weighted by Gasteiger charge is 2.39. The summed E-state index contributed by atoms with van der Waals surface area (Å²) in [5.41, 5.74) is 5.25. The van der Waals surface area contributed by atoms with Gasteiger partial charge in [0.05, 0.1) is 56.4 Å². The number of hydrogen-bond donors (Lipinski definition) is 0. The van der Waals surface area contributed by atoms with Crippen LogP contribution in [0.25, 0.3) is 33.6 Å². The Hall–Kier alpha value is -8.18. The number of para-hydroxylation sites is 1. The number of hydrogen-bond acceptors (Lipinski definition) is 15. The molecule has 5 heterocycles. The molecule has 15 nitrogen and oxygen atoms in total. The van der Waals surface area contributed by atoms with Crippen molar-refractivity contribution < 1.29 is 51.8 Å². The van der Waals surface area contributed by atoms with E-state index in [0.717, 1.165) is 22.3 Å². The molecule has 4 bridgehead atoms. The number of carbonyl (C=O) groups is 1. The molecule has 0 fully saturated rings. The number of methoxy groups -OCH3 is 3. The zero-order chi connectivity index (χ0) is 53.5. The van der Waals surface area contributed by atoms with Crippen molar-refractivity contribution in [1.29, 1.82) is 0 Å². The zero-order valence-electron chi connectivity index (χ0n) is 42.7. The van der Waals surface area contributed by atoms with Gasteiger partial charge >= 0.3 is 5.97 Å². The molecule has 3 aromatic heterocycles. The molecule has 11 rings (SSSR count). The van der Waals surface area contributed by atoms with E-state index in [-0.39, 0.29) is 44.4 Å². The second-order valence-corrected chi connectivity index (χ2v) is 18.8. The number of esters is 1. The van der Waals surface area contributed by atoms with E-state index in [9.17, 15) is 4.79 Å². The highest BCUT2D eigenvalue weighted by Crippen LogP contribution is 2.47. The molecular formula is C60H52BrClN4O11. The molecule has 0 amide bonds. The maximum absolute atomic E-state index is 14.1. The first-order chi connectivity index (χ1) is 37.6. The fourth-order valence-electron chi connectivity index (χ4n) is 9.28. The molecular weight excluding hydrogens is 1070 g/mol. The maximum Gasteiger partial charge on any atom is 0.347 e. The van der Waals surface area contributed by atoms with Crippen molar-refractivity contribution in [2.75, 3.05) is 41.2 Å². The van der Waals surface area contributed by atoms with Gasteiger partial charge < -0.3 is 47.0 Å². The van der Waals surface area contributed by atoms with Gasteiger partial charge in [-0.25, -0.2) is 24.7 Å². The molecule has 0 saturated heterocycles. The fraction of sp³-hybridized carbons (Fsp3) is 0.217. The van der Waals surface area contributed by atoms with Gasteiger partial charge in [0.2, 0.25) is 17.7 Å². The summed E-state index contributed by atoms with van der Waals surface area (Å²) in [6.45, 7) is 3.67. The third-order valence-corrected chi connectivity index (χ3v) is 14.1. The quantitative estimate of drug-likeness (QED) is 0.0703. The number of aromatic nitrogens is 4. The smallest absolute Gasteiger partial charge is 0.347 e. The monoisotopic (exact) mass is 1120 g/mol. The number of rotatable bonds is 15. The van der Waals surface area contributed by atoms with Crippen LogP contribution in [0, 0.1) is 6.92 Å². The van der Waals surface area contributed by atoms with Gasteiger partial charge in [-0.05, 0) is 124 Å². The Kier molecular flexibility index (Phi) is 15.9. The number of fused-ring (bicyclic) bond motifs is 7. The molecule has 17 heteroatoms. The van der Waals surface area contributed by atoms with Gasteiger partial charge in [-0.1, -0.05) is 84.4 Å². The highest BCUT2D eigenvalue weighted by atomic mass is 79.9. The van der Waals surface area contributed by atoms with Crippen LogP contribution in [0.1, 0.15) is 40.4 Å². The van der Waals surface area contributed by atoms with E-state index in [1.165, 1.54) is 6.33 Å². The summed E-state index contributed by atoms with van der Waals surface area (Å²) in [5, 5.41) is 0.721. The number of nitrogens with zero attached hydrogens (tertiary/aromatic N) is 4. The van der Waals surface area contributed by atoms with Crippen LogP contribution in [0.2, 0.25) is 5.02 Å². The third-order valence-electron chi connectivity index (χ3n) is 13.1.